The van der Waals surface area contributed by atoms with Crippen LogP contribution in [0.3, 0.4) is 0 Å². The quantitative estimate of drug-likeness (QED) is 0.137. The minimum Gasteiger partial charge on any atom is -0.429 e. The first-order valence-corrected chi connectivity index (χ1v) is 17.1. The van der Waals surface area contributed by atoms with Gasteiger partial charge in [0.2, 0.25) is 0 Å². The predicted molar refractivity (Wildman–Crippen MR) is 175 cm³/mol. The first-order valence-electron chi connectivity index (χ1n) is 17.1. The fourth-order valence-electron chi connectivity index (χ4n) is 7.72. The highest BCUT2D eigenvalue weighted by molar-refractivity contribution is 5.65. The third kappa shape index (κ3) is 8.35. The van der Waals surface area contributed by atoms with Crippen molar-refractivity contribution in [3.05, 3.63) is 113 Å². The lowest BCUT2D eigenvalue weighted by molar-refractivity contribution is -0.189. The Morgan fingerprint density at radius 1 is 0.750 bits per heavy atom. The lowest BCUT2D eigenvalue weighted by atomic mass is 9.68. The van der Waals surface area contributed by atoms with Crippen LogP contribution < -0.4 is 4.74 Å². The second-order valence-corrected chi connectivity index (χ2v) is 13.4. The minimum absolute atomic E-state index is 0.0557. The van der Waals surface area contributed by atoms with E-state index in [1.807, 2.05) is 0 Å². The van der Waals surface area contributed by atoms with E-state index < -0.39 is 46.5 Å². The molecule has 2 aliphatic carbocycles. The van der Waals surface area contributed by atoms with Crippen LogP contribution in [0.5, 0.6) is 5.75 Å². The van der Waals surface area contributed by atoms with Crippen LogP contribution in [-0.2, 0) is 12.5 Å². The van der Waals surface area contributed by atoms with E-state index >= 15 is 13.2 Å². The number of halogens is 7. The number of benzene rings is 3. The van der Waals surface area contributed by atoms with E-state index in [1.54, 1.807) is 6.07 Å². The zero-order valence-corrected chi connectivity index (χ0v) is 27.3. The summed E-state index contributed by atoms with van der Waals surface area (Å²) in [6.07, 6.45) is 13.0. The average molecular weight is 673 g/mol. The van der Waals surface area contributed by atoms with Gasteiger partial charge in [-0.1, -0.05) is 43.2 Å². The molecule has 2 saturated carbocycles. The molecule has 5 rings (SSSR count). The van der Waals surface area contributed by atoms with Crippen LogP contribution >= 0.6 is 0 Å². The minimum atomic E-state index is -4.62. The molecule has 0 spiro atoms. The van der Waals surface area contributed by atoms with Gasteiger partial charge in [-0.05, 0) is 124 Å². The van der Waals surface area contributed by atoms with Crippen LogP contribution in [0.1, 0.15) is 100 Å². The summed E-state index contributed by atoms with van der Waals surface area (Å²) in [4.78, 5) is 0. The Labute approximate surface area is 278 Å². The van der Waals surface area contributed by atoms with Crippen LogP contribution in [0, 0.1) is 46.8 Å². The average Bonchev–Trinajstić information content (AvgIpc) is 3.04. The first kappa shape index (κ1) is 35.7. The molecule has 0 bridgehead atoms. The zero-order valence-electron chi connectivity index (χ0n) is 27.3. The highest BCUT2D eigenvalue weighted by Crippen LogP contribution is 2.45. The van der Waals surface area contributed by atoms with Crippen LogP contribution in [0.4, 0.5) is 30.7 Å². The Kier molecular flexibility index (Phi) is 11.7. The van der Waals surface area contributed by atoms with E-state index in [9.17, 15) is 17.6 Å². The van der Waals surface area contributed by atoms with Gasteiger partial charge in [0.15, 0.2) is 0 Å². The first-order chi connectivity index (χ1) is 23.0. The molecule has 2 aliphatic rings. The lowest BCUT2D eigenvalue weighted by Crippen LogP contribution is -2.25. The maximum absolute atomic E-state index is 15.4. The van der Waals surface area contributed by atoms with Crippen LogP contribution in [0.25, 0.3) is 11.1 Å². The van der Waals surface area contributed by atoms with Crippen molar-refractivity contribution in [1.29, 1.82) is 0 Å². The maximum Gasteiger partial charge on any atom is 0.432 e. The Morgan fingerprint density at radius 2 is 1.35 bits per heavy atom. The molecule has 0 amide bonds. The molecule has 3 aromatic carbocycles. The molecule has 0 unspecified atom stereocenters. The molecule has 0 heterocycles. The summed E-state index contributed by atoms with van der Waals surface area (Å²) in [7, 11) is 0. The zero-order chi connectivity index (χ0) is 34.4. The molecule has 1 nitrogen and oxygen atoms in total. The van der Waals surface area contributed by atoms with Crippen molar-refractivity contribution in [2.45, 2.75) is 96.0 Å². The fourth-order valence-corrected chi connectivity index (χ4v) is 7.72. The van der Waals surface area contributed by atoms with Gasteiger partial charge in [0.05, 0.1) is 0 Å². The third-order valence-electron chi connectivity index (χ3n) is 10.4. The van der Waals surface area contributed by atoms with Crippen molar-refractivity contribution < 1.29 is 35.5 Å². The molecule has 0 radical (unpaired) electrons. The van der Waals surface area contributed by atoms with Gasteiger partial charge >= 0.3 is 6.11 Å². The number of alkyl halides is 2. The van der Waals surface area contributed by atoms with Gasteiger partial charge < -0.3 is 4.74 Å². The largest absolute Gasteiger partial charge is 0.432 e. The number of allylic oxidation sites excluding steroid dienone is 3. The Hall–Kier alpha value is -3.55. The Balaban J connectivity index is 1.23. The molecule has 258 valence electrons. The van der Waals surface area contributed by atoms with E-state index in [1.165, 1.54) is 50.3 Å². The summed E-state index contributed by atoms with van der Waals surface area (Å²) in [5.41, 5.74) is -1.68. The van der Waals surface area contributed by atoms with Gasteiger partial charge in [0.1, 0.15) is 40.4 Å². The smallest absolute Gasteiger partial charge is 0.429 e. The van der Waals surface area contributed by atoms with E-state index in [4.69, 9.17) is 0 Å². The van der Waals surface area contributed by atoms with E-state index in [0.717, 1.165) is 49.5 Å². The van der Waals surface area contributed by atoms with E-state index in [2.05, 4.69) is 30.4 Å². The van der Waals surface area contributed by atoms with Crippen LogP contribution in [0.15, 0.2) is 67.3 Å². The molecule has 48 heavy (non-hydrogen) atoms. The summed E-state index contributed by atoms with van der Waals surface area (Å²) in [5.74, 6) is -4.86. The van der Waals surface area contributed by atoms with Gasteiger partial charge in [-0.15, -0.1) is 6.58 Å². The second-order valence-electron chi connectivity index (χ2n) is 13.4. The standard InChI is InChI=1S/C40H43F7O/c1-3-5-7-8-25-10-12-26(13-11-25)27-14-16-28(17-15-27)29-18-19-32(34(41)20-29)30-21-37(44)39(38(45)22-30)40(46,47)48-31-23-35(42)33(9-6-4-2)36(43)24-31/h3-5,18-28H,2,6-17H2,1H3. The SMILES string of the molecule is C=CCCc1c(F)cc(OC(F)(F)c2c(F)cc(-c3ccc(C4CCC(C5CCC(CCC=CC)CC5)CC4)cc3F)cc2F)cc1F. The van der Waals surface area contributed by atoms with Crippen molar-refractivity contribution in [3.8, 4) is 16.9 Å². The molecule has 0 atom stereocenters. The molecule has 0 aromatic heterocycles. The molecular formula is C40H43F7O. The van der Waals surface area contributed by atoms with E-state index in [-0.39, 0.29) is 35.4 Å². The van der Waals surface area contributed by atoms with Gasteiger partial charge in [-0.2, -0.15) is 8.78 Å². The second kappa shape index (κ2) is 15.8. The molecule has 2 fully saturated rings. The normalized spacial score (nSPS) is 21.8. The number of rotatable bonds is 12. The topological polar surface area (TPSA) is 9.23 Å². The monoisotopic (exact) mass is 672 g/mol. The molecule has 0 N–H and O–H groups in total. The highest BCUT2D eigenvalue weighted by atomic mass is 19.3. The summed E-state index contributed by atoms with van der Waals surface area (Å²) >= 11 is 0. The van der Waals surface area contributed by atoms with Gasteiger partial charge in [0, 0.05) is 23.3 Å². The highest BCUT2D eigenvalue weighted by Gasteiger charge is 2.42. The van der Waals surface area contributed by atoms with Crippen molar-refractivity contribution >= 4 is 0 Å². The molecule has 3 aromatic rings. The third-order valence-corrected chi connectivity index (χ3v) is 10.4. The van der Waals surface area contributed by atoms with Crippen LogP contribution in [0.2, 0.25) is 0 Å². The van der Waals surface area contributed by atoms with Crippen molar-refractivity contribution in [3.63, 3.8) is 0 Å². The number of hydrogen-bond donors (Lipinski definition) is 0. The summed E-state index contributed by atoms with van der Waals surface area (Å²) in [5, 5.41) is 0. The maximum atomic E-state index is 15.4. The lowest BCUT2D eigenvalue weighted by Gasteiger charge is -2.38. The Bertz CT molecular complexity index is 1550. The summed E-state index contributed by atoms with van der Waals surface area (Å²) < 4.78 is 109. The van der Waals surface area contributed by atoms with Crippen molar-refractivity contribution in [2.75, 3.05) is 0 Å². The molecule has 8 heteroatoms. The van der Waals surface area contributed by atoms with Gasteiger partial charge in [-0.25, -0.2) is 22.0 Å². The molecule has 0 saturated heterocycles. The predicted octanol–water partition coefficient (Wildman–Crippen LogP) is 12.7. The number of ether oxygens (including phenoxy) is 1. The van der Waals surface area contributed by atoms with Gasteiger partial charge in [0.25, 0.3) is 0 Å². The number of hydrogen-bond acceptors (Lipinski definition) is 1. The van der Waals surface area contributed by atoms with Crippen molar-refractivity contribution in [2.24, 2.45) is 17.8 Å². The molecule has 0 aliphatic heterocycles. The Morgan fingerprint density at radius 3 is 1.92 bits per heavy atom. The molecular weight excluding hydrogens is 629 g/mol. The van der Waals surface area contributed by atoms with Gasteiger partial charge in [-0.3, -0.25) is 0 Å². The summed E-state index contributed by atoms with van der Waals surface area (Å²) in [6.45, 7) is 5.53. The fraction of sp³-hybridized carbons (Fsp3) is 0.450. The van der Waals surface area contributed by atoms with Crippen LogP contribution in [-0.4, -0.2) is 0 Å². The van der Waals surface area contributed by atoms with E-state index in [0.29, 0.717) is 30.2 Å². The summed E-state index contributed by atoms with van der Waals surface area (Å²) in [6, 6.07) is 6.81. The van der Waals surface area contributed by atoms with Crippen molar-refractivity contribution in [1.82, 2.24) is 0 Å².